The third kappa shape index (κ3) is 3.90. The maximum atomic E-state index is 9.09. The van der Waals surface area contributed by atoms with Crippen LogP contribution in [-0.4, -0.2) is 62.4 Å². The van der Waals surface area contributed by atoms with E-state index in [-0.39, 0.29) is 0 Å². The number of hydrogen-bond acceptors (Lipinski definition) is 6. The third-order valence-electron chi connectivity index (χ3n) is 6.73. The normalized spacial score (nSPS) is 17.9. The molecule has 2 aliphatic heterocycles. The summed E-state index contributed by atoms with van der Waals surface area (Å²) in [4.78, 5) is 9.88. The Labute approximate surface area is 189 Å². The van der Waals surface area contributed by atoms with Crippen LogP contribution in [0.4, 0.5) is 5.69 Å². The second-order valence-electron chi connectivity index (χ2n) is 8.43. The highest BCUT2D eigenvalue weighted by Gasteiger charge is 2.27. The Balaban J connectivity index is 1.43. The number of ether oxygens (including phenoxy) is 2. The molecule has 0 amide bonds. The monoisotopic (exact) mass is 428 g/mol. The van der Waals surface area contributed by atoms with Gasteiger partial charge in [-0.15, -0.1) is 0 Å². The molecule has 6 heteroatoms. The lowest BCUT2D eigenvalue weighted by Crippen LogP contribution is -2.49. The first kappa shape index (κ1) is 20.7. The Morgan fingerprint density at radius 3 is 2.47 bits per heavy atom. The molecule has 0 radical (unpaired) electrons. The lowest BCUT2D eigenvalue weighted by molar-refractivity contribution is 0.0115. The molecule has 0 unspecified atom stereocenters. The number of fused-ring (bicyclic) bond motifs is 1. The molecular weight excluding hydrogens is 400 g/mol. The zero-order chi connectivity index (χ0) is 21.9. The van der Waals surface area contributed by atoms with E-state index in [4.69, 9.17) is 19.7 Å². The fourth-order valence-electron chi connectivity index (χ4n) is 5.00. The SMILES string of the molecule is COc1c(N2CCC(N3CCOCC3)CC2)cnc2c(-c3ccc(C#N)cc3)cccc12. The molecule has 2 aliphatic rings. The van der Waals surface area contributed by atoms with Gasteiger partial charge in [0.05, 0.1) is 49.4 Å². The van der Waals surface area contributed by atoms with Crippen molar-refractivity contribution in [1.82, 2.24) is 9.88 Å². The van der Waals surface area contributed by atoms with Gasteiger partial charge < -0.3 is 14.4 Å². The van der Waals surface area contributed by atoms with Gasteiger partial charge in [-0.2, -0.15) is 5.26 Å². The molecule has 0 aliphatic carbocycles. The highest BCUT2D eigenvalue weighted by molar-refractivity contribution is 5.99. The summed E-state index contributed by atoms with van der Waals surface area (Å²) in [6.07, 6.45) is 4.25. The molecule has 3 aromatic rings. The molecule has 0 atom stereocenters. The number of hydrogen-bond donors (Lipinski definition) is 0. The fraction of sp³-hybridized carbons (Fsp3) is 0.385. The number of benzene rings is 2. The van der Waals surface area contributed by atoms with E-state index in [1.54, 1.807) is 7.11 Å². The van der Waals surface area contributed by atoms with Crippen molar-refractivity contribution >= 4 is 16.6 Å². The second kappa shape index (κ2) is 9.15. The summed E-state index contributed by atoms with van der Waals surface area (Å²) < 4.78 is 11.4. The van der Waals surface area contributed by atoms with Gasteiger partial charge in [0.1, 0.15) is 0 Å². The Kier molecular flexibility index (Phi) is 5.93. The van der Waals surface area contributed by atoms with Crippen molar-refractivity contribution in [3.8, 4) is 22.9 Å². The summed E-state index contributed by atoms with van der Waals surface area (Å²) in [5.74, 6) is 0.885. The number of aromatic nitrogens is 1. The van der Waals surface area contributed by atoms with Crippen LogP contribution in [0.25, 0.3) is 22.0 Å². The highest BCUT2D eigenvalue weighted by Crippen LogP contribution is 2.39. The number of nitriles is 1. The minimum absolute atomic E-state index is 0.637. The first-order valence-corrected chi connectivity index (χ1v) is 11.3. The second-order valence-corrected chi connectivity index (χ2v) is 8.43. The van der Waals surface area contributed by atoms with E-state index in [0.717, 1.165) is 85.7 Å². The van der Waals surface area contributed by atoms with Gasteiger partial charge in [-0.25, -0.2) is 0 Å². The van der Waals surface area contributed by atoms with E-state index in [1.165, 1.54) is 0 Å². The molecular formula is C26H28N4O2. The lowest BCUT2D eigenvalue weighted by atomic mass is 9.99. The molecule has 5 rings (SSSR count). The maximum absolute atomic E-state index is 9.09. The molecule has 0 bridgehead atoms. The molecule has 2 saturated heterocycles. The number of methoxy groups -OCH3 is 1. The standard InChI is InChI=1S/C26H28N4O2/c1-31-26-23-4-2-3-22(20-7-5-19(17-27)6-8-20)25(23)28-18-24(26)30-11-9-21(10-12-30)29-13-15-32-16-14-29/h2-8,18,21H,9-16H2,1H3. The van der Waals surface area contributed by atoms with Crippen molar-refractivity contribution in [1.29, 1.82) is 5.26 Å². The first-order valence-electron chi connectivity index (χ1n) is 11.3. The van der Waals surface area contributed by atoms with E-state index in [0.29, 0.717) is 11.6 Å². The number of anilines is 1. The van der Waals surface area contributed by atoms with Gasteiger partial charge in [0.15, 0.2) is 5.75 Å². The van der Waals surface area contributed by atoms with Crippen LogP contribution in [0, 0.1) is 11.3 Å². The van der Waals surface area contributed by atoms with Crippen molar-refractivity contribution in [3.63, 3.8) is 0 Å². The minimum atomic E-state index is 0.637. The van der Waals surface area contributed by atoms with Crippen LogP contribution in [0.1, 0.15) is 18.4 Å². The summed E-state index contributed by atoms with van der Waals surface area (Å²) in [6, 6.07) is 16.7. The molecule has 6 nitrogen and oxygen atoms in total. The lowest BCUT2D eigenvalue weighted by Gasteiger charge is -2.41. The Hall–Kier alpha value is -3.14. The van der Waals surface area contributed by atoms with Crippen LogP contribution in [0.5, 0.6) is 5.75 Å². The van der Waals surface area contributed by atoms with Gasteiger partial charge in [0, 0.05) is 43.2 Å². The number of rotatable bonds is 4. The summed E-state index contributed by atoms with van der Waals surface area (Å²) in [5, 5.41) is 10.1. The van der Waals surface area contributed by atoms with Crippen molar-refractivity contribution < 1.29 is 9.47 Å². The largest absolute Gasteiger partial charge is 0.494 e. The van der Waals surface area contributed by atoms with E-state index in [1.807, 2.05) is 30.5 Å². The molecule has 0 spiro atoms. The Morgan fingerprint density at radius 2 is 1.78 bits per heavy atom. The predicted molar refractivity (Wildman–Crippen MR) is 126 cm³/mol. The molecule has 164 valence electrons. The van der Waals surface area contributed by atoms with Crippen molar-refractivity contribution in [2.75, 3.05) is 51.4 Å². The maximum Gasteiger partial charge on any atom is 0.153 e. The number of nitrogens with zero attached hydrogens (tertiary/aromatic N) is 4. The van der Waals surface area contributed by atoms with Crippen LogP contribution in [0.3, 0.4) is 0 Å². The smallest absolute Gasteiger partial charge is 0.153 e. The van der Waals surface area contributed by atoms with Crippen LogP contribution >= 0.6 is 0 Å². The zero-order valence-corrected chi connectivity index (χ0v) is 18.5. The average Bonchev–Trinajstić information content (AvgIpc) is 2.88. The van der Waals surface area contributed by atoms with Crippen molar-refractivity contribution in [2.45, 2.75) is 18.9 Å². The molecule has 0 saturated carbocycles. The van der Waals surface area contributed by atoms with Crippen LogP contribution < -0.4 is 9.64 Å². The molecule has 3 heterocycles. The van der Waals surface area contributed by atoms with Gasteiger partial charge in [-0.1, -0.05) is 24.3 Å². The van der Waals surface area contributed by atoms with Crippen LogP contribution in [0.2, 0.25) is 0 Å². The number of pyridine rings is 1. The minimum Gasteiger partial charge on any atom is -0.494 e. The number of para-hydroxylation sites is 1. The van der Waals surface area contributed by atoms with Gasteiger partial charge >= 0.3 is 0 Å². The number of piperidine rings is 1. The van der Waals surface area contributed by atoms with Gasteiger partial charge in [0.2, 0.25) is 0 Å². The predicted octanol–water partition coefficient (Wildman–Crippen LogP) is 4.08. The molecule has 32 heavy (non-hydrogen) atoms. The van der Waals surface area contributed by atoms with E-state index in [9.17, 15) is 0 Å². The fourth-order valence-corrected chi connectivity index (χ4v) is 5.00. The summed E-state index contributed by atoms with van der Waals surface area (Å²) in [6.45, 7) is 5.80. The topological polar surface area (TPSA) is 61.6 Å². The Morgan fingerprint density at radius 1 is 1.03 bits per heavy atom. The summed E-state index contributed by atoms with van der Waals surface area (Å²) in [7, 11) is 1.74. The van der Waals surface area contributed by atoms with Crippen LogP contribution in [-0.2, 0) is 4.74 Å². The van der Waals surface area contributed by atoms with Gasteiger partial charge in [-0.3, -0.25) is 9.88 Å². The van der Waals surface area contributed by atoms with E-state index < -0.39 is 0 Å². The van der Waals surface area contributed by atoms with Gasteiger partial charge in [-0.05, 0) is 36.6 Å². The third-order valence-corrected chi connectivity index (χ3v) is 6.73. The Bertz CT molecular complexity index is 1130. The summed E-state index contributed by atoms with van der Waals surface area (Å²) >= 11 is 0. The summed E-state index contributed by atoms with van der Waals surface area (Å²) in [5.41, 5.74) is 4.73. The van der Waals surface area contributed by atoms with E-state index >= 15 is 0 Å². The van der Waals surface area contributed by atoms with Crippen molar-refractivity contribution in [2.24, 2.45) is 0 Å². The highest BCUT2D eigenvalue weighted by atomic mass is 16.5. The van der Waals surface area contributed by atoms with Crippen LogP contribution in [0.15, 0.2) is 48.7 Å². The molecule has 2 fully saturated rings. The van der Waals surface area contributed by atoms with Crippen molar-refractivity contribution in [3.05, 3.63) is 54.2 Å². The van der Waals surface area contributed by atoms with Gasteiger partial charge in [0.25, 0.3) is 0 Å². The number of morpholine rings is 1. The average molecular weight is 429 g/mol. The molecule has 1 aromatic heterocycles. The molecule has 0 N–H and O–H groups in total. The quantitative estimate of drug-likeness (QED) is 0.624. The first-order chi connectivity index (χ1) is 15.8. The molecule has 2 aromatic carbocycles. The zero-order valence-electron chi connectivity index (χ0n) is 18.5. The van der Waals surface area contributed by atoms with E-state index in [2.05, 4.69) is 34.1 Å².